The number of halogens is 2. The molecule has 2 atom stereocenters. The number of anilines is 1. The van der Waals surface area contributed by atoms with Crippen LogP contribution in [0.2, 0.25) is 10.0 Å². The van der Waals surface area contributed by atoms with Crippen LogP contribution in [0.4, 0.5) is 10.7 Å². The van der Waals surface area contributed by atoms with Crippen molar-refractivity contribution >= 4 is 35.2 Å². The monoisotopic (exact) mass is 448 g/mol. The van der Waals surface area contributed by atoms with Crippen molar-refractivity contribution in [3.05, 3.63) is 51.3 Å². The zero-order valence-corrected chi connectivity index (χ0v) is 18.6. The van der Waals surface area contributed by atoms with Gasteiger partial charge in [0.15, 0.2) is 0 Å². The van der Waals surface area contributed by atoms with Gasteiger partial charge in [-0.05, 0) is 43.5 Å². The van der Waals surface area contributed by atoms with Gasteiger partial charge in [-0.1, -0.05) is 29.3 Å². The van der Waals surface area contributed by atoms with Crippen LogP contribution in [0.5, 0.6) is 0 Å². The Labute approximate surface area is 186 Å². The first-order valence-electron chi connectivity index (χ1n) is 10.2. The average Bonchev–Trinajstić information content (AvgIpc) is 3.17. The molecule has 1 aromatic carbocycles. The van der Waals surface area contributed by atoms with Gasteiger partial charge in [0.05, 0.1) is 28.3 Å². The quantitative estimate of drug-likeness (QED) is 0.667. The van der Waals surface area contributed by atoms with E-state index in [1.54, 1.807) is 6.07 Å². The first kappa shape index (κ1) is 21.2. The van der Waals surface area contributed by atoms with E-state index in [9.17, 15) is 4.79 Å². The van der Waals surface area contributed by atoms with Gasteiger partial charge in [0.2, 0.25) is 5.95 Å². The van der Waals surface area contributed by atoms with E-state index in [2.05, 4.69) is 25.9 Å². The molecule has 3 N–H and O–H groups in total. The maximum Gasteiger partial charge on any atom is 0.318 e. The lowest BCUT2D eigenvalue weighted by molar-refractivity contribution is 0.187. The smallest absolute Gasteiger partial charge is 0.318 e. The lowest BCUT2D eigenvalue weighted by Crippen LogP contribution is -2.48. The molecular formula is C21H26Cl2N6O. The third kappa shape index (κ3) is 4.63. The molecule has 2 aliphatic rings. The summed E-state index contributed by atoms with van der Waals surface area (Å²) < 4.78 is 0. The molecule has 0 radical (unpaired) electrons. The van der Waals surface area contributed by atoms with Gasteiger partial charge in [-0.15, -0.1) is 0 Å². The fraction of sp³-hybridized carbons (Fsp3) is 0.476. The number of urea groups is 1. The zero-order chi connectivity index (χ0) is 21.3. The Kier molecular flexibility index (Phi) is 6.32. The lowest BCUT2D eigenvalue weighted by Gasteiger charge is -2.30. The Morgan fingerprint density at radius 3 is 2.87 bits per heavy atom. The van der Waals surface area contributed by atoms with Crippen LogP contribution in [0.15, 0.2) is 24.4 Å². The molecule has 160 valence electrons. The molecule has 2 aliphatic heterocycles. The highest BCUT2D eigenvalue weighted by Gasteiger charge is 2.32. The topological polar surface area (TPSA) is 82.2 Å². The van der Waals surface area contributed by atoms with Crippen molar-refractivity contribution in [2.75, 3.05) is 25.0 Å². The number of benzene rings is 1. The zero-order valence-electron chi connectivity index (χ0n) is 17.1. The van der Waals surface area contributed by atoms with E-state index in [0.717, 1.165) is 29.8 Å². The summed E-state index contributed by atoms with van der Waals surface area (Å²) in [5, 5.41) is 10.9. The van der Waals surface area contributed by atoms with Crippen molar-refractivity contribution < 1.29 is 4.79 Å². The minimum Gasteiger partial charge on any atom is -0.352 e. The highest BCUT2D eigenvalue weighted by atomic mass is 35.5. The van der Waals surface area contributed by atoms with E-state index in [-0.39, 0.29) is 24.0 Å². The van der Waals surface area contributed by atoms with Gasteiger partial charge in [-0.3, -0.25) is 0 Å². The van der Waals surface area contributed by atoms with E-state index in [1.807, 2.05) is 37.1 Å². The van der Waals surface area contributed by atoms with Crippen LogP contribution in [-0.4, -0.2) is 52.6 Å². The summed E-state index contributed by atoms with van der Waals surface area (Å²) >= 11 is 12.2. The maximum absolute atomic E-state index is 13.0. The van der Waals surface area contributed by atoms with Gasteiger partial charge < -0.3 is 20.9 Å². The first-order chi connectivity index (χ1) is 14.4. The van der Waals surface area contributed by atoms with Gasteiger partial charge in [0, 0.05) is 37.8 Å². The van der Waals surface area contributed by atoms with Crippen molar-refractivity contribution in [2.45, 2.75) is 44.8 Å². The second-order valence-corrected chi connectivity index (χ2v) is 8.94. The van der Waals surface area contributed by atoms with Crippen LogP contribution in [0.3, 0.4) is 0 Å². The van der Waals surface area contributed by atoms with Crippen molar-refractivity contribution in [1.29, 1.82) is 0 Å². The van der Waals surface area contributed by atoms with Crippen LogP contribution in [0.1, 0.15) is 36.6 Å². The van der Waals surface area contributed by atoms with Crippen LogP contribution < -0.4 is 16.0 Å². The molecule has 0 bridgehead atoms. The summed E-state index contributed by atoms with van der Waals surface area (Å²) in [7, 11) is 0. The summed E-state index contributed by atoms with van der Waals surface area (Å²) in [4.78, 5) is 23.8. The Balaban J connectivity index is 1.43. The summed E-state index contributed by atoms with van der Waals surface area (Å²) in [6.45, 7) is 6.71. The molecule has 1 aromatic heterocycles. The number of carbonyl (C=O) groups is 1. The average molecular weight is 449 g/mol. The molecule has 2 amide bonds. The van der Waals surface area contributed by atoms with E-state index in [0.29, 0.717) is 35.6 Å². The number of rotatable bonds is 4. The second-order valence-electron chi connectivity index (χ2n) is 8.13. The number of carbonyl (C=O) groups excluding carboxylic acids is 1. The molecule has 2 aromatic rings. The van der Waals surface area contributed by atoms with E-state index >= 15 is 0 Å². The summed E-state index contributed by atoms with van der Waals surface area (Å²) in [6.07, 6.45) is 2.62. The molecule has 0 saturated carbocycles. The molecule has 0 aliphatic carbocycles. The number of amides is 2. The summed E-state index contributed by atoms with van der Waals surface area (Å²) in [5.74, 6) is 0.746. The third-order valence-corrected chi connectivity index (χ3v) is 6.28. The van der Waals surface area contributed by atoms with Crippen molar-refractivity contribution in [2.24, 2.45) is 0 Å². The normalized spacial score (nSPS) is 20.9. The number of aromatic nitrogens is 2. The number of nitrogens with zero attached hydrogens (tertiary/aromatic N) is 3. The van der Waals surface area contributed by atoms with Crippen LogP contribution in [-0.2, 0) is 13.0 Å². The van der Waals surface area contributed by atoms with Crippen LogP contribution in [0.25, 0.3) is 0 Å². The molecule has 1 saturated heterocycles. The molecule has 30 heavy (non-hydrogen) atoms. The second kappa shape index (κ2) is 8.96. The van der Waals surface area contributed by atoms with Crippen molar-refractivity contribution in [1.82, 2.24) is 25.5 Å². The third-order valence-electron chi connectivity index (χ3n) is 5.55. The molecule has 9 heteroatoms. The molecule has 3 heterocycles. The number of hydrogen-bond acceptors (Lipinski definition) is 5. The molecule has 7 nitrogen and oxygen atoms in total. The standard InChI is InChI=1S/C21H26Cl2N6O/c1-12(2)26-20-25-8-14-5-6-29(11-19(14)27-20)21(30)28-18-10-24-9-15(18)13-3-4-16(22)17(23)7-13/h3-4,7-8,12,15,18,24H,5-6,9-11H2,1-2H3,(H,28,30)(H,25,26,27)/t15-,18+/m0/s1. The SMILES string of the molecule is CC(C)Nc1ncc2c(n1)CN(C(=O)N[C@@H]1CNC[C@H]1c1ccc(Cl)c(Cl)c1)CC2. The maximum atomic E-state index is 13.0. The Morgan fingerprint density at radius 1 is 1.27 bits per heavy atom. The van der Waals surface area contributed by atoms with Gasteiger partial charge in [0.1, 0.15) is 0 Å². The van der Waals surface area contributed by atoms with Gasteiger partial charge in [-0.25, -0.2) is 14.8 Å². The predicted octanol–water partition coefficient (Wildman–Crippen LogP) is 3.43. The lowest BCUT2D eigenvalue weighted by atomic mass is 9.94. The largest absolute Gasteiger partial charge is 0.352 e. The molecule has 0 spiro atoms. The minimum absolute atomic E-state index is 0.0142. The van der Waals surface area contributed by atoms with Crippen molar-refractivity contribution in [3.8, 4) is 0 Å². The predicted molar refractivity (Wildman–Crippen MR) is 119 cm³/mol. The van der Waals surface area contributed by atoms with Crippen LogP contribution in [0, 0.1) is 0 Å². The first-order valence-corrected chi connectivity index (χ1v) is 11.0. The molecule has 1 fully saturated rings. The Bertz CT molecular complexity index is 938. The highest BCUT2D eigenvalue weighted by molar-refractivity contribution is 6.42. The van der Waals surface area contributed by atoms with Gasteiger partial charge in [0.25, 0.3) is 0 Å². The molecule has 4 rings (SSSR count). The fourth-order valence-corrected chi connectivity index (χ4v) is 4.28. The minimum atomic E-state index is -0.0728. The van der Waals surface area contributed by atoms with Crippen molar-refractivity contribution in [3.63, 3.8) is 0 Å². The van der Waals surface area contributed by atoms with E-state index in [4.69, 9.17) is 23.2 Å². The molecular weight excluding hydrogens is 423 g/mol. The summed E-state index contributed by atoms with van der Waals surface area (Å²) in [6, 6.07) is 5.83. The summed E-state index contributed by atoms with van der Waals surface area (Å²) in [5.41, 5.74) is 3.07. The number of fused-ring (bicyclic) bond motifs is 1. The Hall–Kier alpha value is -2.09. The number of nitrogens with one attached hydrogen (secondary N) is 3. The van der Waals surface area contributed by atoms with Crippen LogP contribution >= 0.6 is 23.2 Å². The Morgan fingerprint density at radius 2 is 2.10 bits per heavy atom. The fourth-order valence-electron chi connectivity index (χ4n) is 3.98. The van der Waals surface area contributed by atoms with Gasteiger partial charge >= 0.3 is 6.03 Å². The van der Waals surface area contributed by atoms with E-state index in [1.165, 1.54) is 0 Å². The number of hydrogen-bond donors (Lipinski definition) is 3. The molecule has 0 unspecified atom stereocenters. The van der Waals surface area contributed by atoms with E-state index < -0.39 is 0 Å². The van der Waals surface area contributed by atoms with Gasteiger partial charge in [-0.2, -0.15) is 0 Å². The highest BCUT2D eigenvalue weighted by Crippen LogP contribution is 2.30.